The molecule has 3 rings (SSSR count). The molecular weight excluding hydrogens is 519 g/mol. The van der Waals surface area contributed by atoms with Crippen molar-refractivity contribution >= 4 is 28.2 Å². The summed E-state index contributed by atoms with van der Waals surface area (Å²) in [7, 11) is 0. The number of hydrogen-bond donors (Lipinski definition) is 1. The van der Waals surface area contributed by atoms with E-state index in [1.807, 2.05) is 0 Å². The Kier molecular flexibility index (Phi) is 5.98. The highest BCUT2D eigenvalue weighted by Crippen LogP contribution is 2.69. The number of hydrogen-bond acceptors (Lipinski definition) is 4. The van der Waals surface area contributed by atoms with Crippen LogP contribution in [0.2, 0.25) is 0 Å². The number of anilines is 1. The third-order valence-electron chi connectivity index (χ3n) is 5.63. The average molecular weight is 533 g/mol. The number of ether oxygens (including phenoxy) is 1. The summed E-state index contributed by atoms with van der Waals surface area (Å²) in [6, 6.07) is 0. The largest absolute Gasteiger partial charge is 0.462 e. The number of nitrogens with one attached hydrogen (secondary N) is 1. The van der Waals surface area contributed by atoms with Crippen molar-refractivity contribution < 1.29 is 62.6 Å². The minimum atomic E-state index is -7.43. The van der Waals surface area contributed by atoms with Gasteiger partial charge >= 0.3 is 41.3 Å². The predicted octanol–water partition coefficient (Wildman–Crippen LogP) is 5.64. The minimum absolute atomic E-state index is 0.144. The molecule has 0 aromatic carbocycles. The zero-order valence-electron chi connectivity index (χ0n) is 16.8. The van der Waals surface area contributed by atoms with Gasteiger partial charge in [-0.25, -0.2) is 9.18 Å². The maximum Gasteiger partial charge on any atom is 0.384 e. The van der Waals surface area contributed by atoms with Crippen LogP contribution in [0.15, 0.2) is 0 Å². The highest BCUT2D eigenvalue weighted by Gasteiger charge is 3.02. The maximum atomic E-state index is 15.0. The zero-order chi connectivity index (χ0) is 26.1. The summed E-state index contributed by atoms with van der Waals surface area (Å²) in [5.41, 5.74) is -7.27. The molecule has 1 saturated carbocycles. The molecule has 1 heterocycles. The summed E-state index contributed by atoms with van der Waals surface area (Å²) in [6.45, 7) is 1.06. The van der Waals surface area contributed by atoms with Crippen LogP contribution >= 0.6 is 11.3 Å². The molecule has 1 aromatic rings. The quantitative estimate of drug-likeness (QED) is 0.403. The van der Waals surface area contributed by atoms with E-state index in [0.717, 1.165) is 5.32 Å². The van der Waals surface area contributed by atoms with Crippen molar-refractivity contribution in [2.24, 2.45) is 0 Å². The van der Waals surface area contributed by atoms with Gasteiger partial charge in [0.2, 0.25) is 0 Å². The van der Waals surface area contributed by atoms with Gasteiger partial charge in [0, 0.05) is 4.88 Å². The highest BCUT2D eigenvalue weighted by atomic mass is 32.1. The number of carbonyl (C=O) groups excluding carboxylic acids is 2. The number of aryl methyl sites for hydroxylation is 1. The number of fused-ring (bicyclic) bond motifs is 1. The van der Waals surface area contributed by atoms with Gasteiger partial charge in [-0.15, -0.1) is 11.3 Å². The molecule has 1 N–H and O–H groups in total. The first-order valence-electron chi connectivity index (χ1n) is 9.55. The third kappa shape index (κ3) is 2.95. The lowest BCUT2D eigenvalue weighted by Gasteiger charge is -2.51. The van der Waals surface area contributed by atoms with Gasteiger partial charge in [-0.1, -0.05) is 0 Å². The molecule has 2 aliphatic rings. The van der Waals surface area contributed by atoms with Crippen molar-refractivity contribution in [3.63, 3.8) is 0 Å². The molecule has 0 radical (unpaired) electrons. The fourth-order valence-electron chi connectivity index (χ4n) is 3.77. The van der Waals surface area contributed by atoms with Crippen LogP contribution in [0.25, 0.3) is 0 Å². The second-order valence-electron chi connectivity index (χ2n) is 7.62. The fourth-order valence-corrected chi connectivity index (χ4v) is 5.04. The van der Waals surface area contributed by atoms with Crippen LogP contribution in [0.1, 0.15) is 40.6 Å². The van der Waals surface area contributed by atoms with Crippen molar-refractivity contribution in [3.8, 4) is 0 Å². The molecule has 1 amide bonds. The minimum Gasteiger partial charge on any atom is -0.462 e. The summed E-state index contributed by atoms with van der Waals surface area (Å²) >= 11 is 0.395. The Labute approximate surface area is 187 Å². The summed E-state index contributed by atoms with van der Waals surface area (Å²) in [6.07, 6.45) is 1.38. The number of carbonyl (C=O) groups is 2. The van der Waals surface area contributed by atoms with Crippen molar-refractivity contribution in [2.75, 3.05) is 11.9 Å². The smallest absolute Gasteiger partial charge is 0.384 e. The Morgan fingerprint density at radius 1 is 0.824 bits per heavy atom. The summed E-state index contributed by atoms with van der Waals surface area (Å²) in [4.78, 5) is 24.8. The SMILES string of the molecule is CCOC(=O)c1c(NC(=O)C2(F)C(F)(F)C(F)(F)C(F)(F)C(F)(F)C2(F)F)sc2c1CCCC2. The van der Waals surface area contributed by atoms with Gasteiger partial charge in [0.05, 0.1) is 12.2 Å². The van der Waals surface area contributed by atoms with Crippen LogP contribution in [0.3, 0.4) is 0 Å². The van der Waals surface area contributed by atoms with E-state index in [9.17, 15) is 57.9 Å². The monoisotopic (exact) mass is 533 g/mol. The lowest BCUT2D eigenvalue weighted by molar-refractivity contribution is -0.475. The standard InChI is InChI=1S/C18H14F11NO3S/c1-2-33-11(31)9-7-5-3-4-6-8(7)34-10(9)30-12(32)13(19)14(20,21)16(24,25)18(28,29)17(26,27)15(13,22)23/h2-6H2,1H3,(H,30,32). The first kappa shape index (κ1) is 26.5. The number of thiophene rings is 1. The molecule has 2 aliphatic carbocycles. The Morgan fingerprint density at radius 2 is 1.29 bits per heavy atom. The second kappa shape index (κ2) is 7.68. The molecule has 0 bridgehead atoms. The first-order chi connectivity index (χ1) is 15.3. The van der Waals surface area contributed by atoms with Crippen LogP contribution in [-0.4, -0.2) is 53.8 Å². The highest BCUT2D eigenvalue weighted by molar-refractivity contribution is 7.17. The Bertz CT molecular complexity index is 991. The third-order valence-corrected chi connectivity index (χ3v) is 6.84. The molecule has 0 spiro atoms. The molecule has 16 heteroatoms. The van der Waals surface area contributed by atoms with Crippen molar-refractivity contribution in [1.82, 2.24) is 0 Å². The molecular formula is C18H14F11NO3S. The molecule has 0 unspecified atom stereocenters. The lowest BCUT2D eigenvalue weighted by atomic mass is 9.71. The van der Waals surface area contributed by atoms with Crippen LogP contribution < -0.4 is 5.32 Å². The van der Waals surface area contributed by atoms with E-state index in [-0.39, 0.29) is 25.0 Å². The van der Waals surface area contributed by atoms with Gasteiger partial charge in [-0.3, -0.25) is 4.79 Å². The van der Waals surface area contributed by atoms with E-state index < -0.39 is 57.7 Å². The van der Waals surface area contributed by atoms with Gasteiger partial charge in [0.15, 0.2) is 0 Å². The molecule has 192 valence electrons. The lowest BCUT2D eigenvalue weighted by Crippen LogP contribution is -2.86. The van der Waals surface area contributed by atoms with Crippen molar-refractivity contribution in [2.45, 2.75) is 67.9 Å². The van der Waals surface area contributed by atoms with E-state index >= 15 is 0 Å². The van der Waals surface area contributed by atoms with Crippen LogP contribution in [0, 0.1) is 0 Å². The first-order valence-corrected chi connectivity index (χ1v) is 10.4. The van der Waals surface area contributed by atoms with Gasteiger partial charge in [-0.05, 0) is 38.2 Å². The van der Waals surface area contributed by atoms with Crippen LogP contribution in [-0.2, 0) is 22.4 Å². The van der Waals surface area contributed by atoms with Gasteiger partial charge in [0.25, 0.3) is 5.91 Å². The van der Waals surface area contributed by atoms with Crippen molar-refractivity contribution in [1.29, 1.82) is 0 Å². The number of halogens is 11. The van der Waals surface area contributed by atoms with Crippen LogP contribution in [0.4, 0.5) is 53.3 Å². The van der Waals surface area contributed by atoms with E-state index in [1.54, 1.807) is 0 Å². The van der Waals surface area contributed by atoms with Gasteiger partial charge < -0.3 is 10.1 Å². The van der Waals surface area contributed by atoms with Crippen molar-refractivity contribution in [3.05, 3.63) is 16.0 Å². The zero-order valence-corrected chi connectivity index (χ0v) is 17.6. The molecule has 1 aromatic heterocycles. The number of rotatable bonds is 4. The summed E-state index contributed by atoms with van der Waals surface area (Å²) in [5, 5.41) is 0.150. The van der Waals surface area contributed by atoms with Gasteiger partial charge in [0.1, 0.15) is 5.00 Å². The average Bonchev–Trinajstić information content (AvgIpc) is 3.09. The summed E-state index contributed by atoms with van der Waals surface area (Å²) < 4.78 is 158. The topological polar surface area (TPSA) is 55.4 Å². The van der Waals surface area contributed by atoms with E-state index in [2.05, 4.69) is 0 Å². The summed E-state index contributed by atoms with van der Waals surface area (Å²) in [5.74, 6) is -41.5. The normalized spacial score (nSPS) is 25.2. The molecule has 4 nitrogen and oxygen atoms in total. The molecule has 0 saturated heterocycles. The van der Waals surface area contributed by atoms with Crippen LogP contribution in [0.5, 0.6) is 0 Å². The second-order valence-corrected chi connectivity index (χ2v) is 8.73. The van der Waals surface area contributed by atoms with E-state index in [1.165, 1.54) is 6.92 Å². The van der Waals surface area contributed by atoms with Gasteiger partial charge in [-0.2, -0.15) is 43.9 Å². The maximum absolute atomic E-state index is 15.0. The predicted molar refractivity (Wildman–Crippen MR) is 94.1 cm³/mol. The number of esters is 1. The fraction of sp³-hybridized carbons (Fsp3) is 0.667. The van der Waals surface area contributed by atoms with E-state index in [4.69, 9.17) is 4.74 Å². The molecule has 0 atom stereocenters. The van der Waals surface area contributed by atoms with E-state index in [0.29, 0.717) is 29.1 Å². The Morgan fingerprint density at radius 3 is 1.79 bits per heavy atom. The number of alkyl halides is 11. The Hall–Kier alpha value is -2.13. The Balaban J connectivity index is 2.16. The molecule has 0 aliphatic heterocycles. The number of amides is 1. The molecule has 1 fully saturated rings. The molecule has 34 heavy (non-hydrogen) atoms.